The van der Waals surface area contributed by atoms with Gasteiger partial charge in [-0.1, -0.05) is 18.5 Å². The van der Waals surface area contributed by atoms with Gasteiger partial charge in [-0.2, -0.15) is 5.10 Å². The second kappa shape index (κ2) is 6.98. The highest BCUT2D eigenvalue weighted by molar-refractivity contribution is 6.31. The molecule has 0 fully saturated rings. The van der Waals surface area contributed by atoms with E-state index in [1.54, 1.807) is 10.9 Å². The van der Waals surface area contributed by atoms with Crippen LogP contribution in [-0.4, -0.2) is 9.78 Å². The average Bonchev–Trinajstić information content (AvgIpc) is 2.77. The largest absolute Gasteiger partial charge is 0.271 e. The van der Waals surface area contributed by atoms with Crippen LogP contribution in [0.4, 0.5) is 8.78 Å². The minimum absolute atomic E-state index is 0.306. The van der Waals surface area contributed by atoms with E-state index in [0.717, 1.165) is 12.5 Å². The SMILES string of the molecule is CCCn1ncc(Cl)c1C(Cc1cc(F)cc(F)c1)NN. The Morgan fingerprint density at radius 2 is 2.00 bits per heavy atom. The van der Waals surface area contributed by atoms with E-state index in [9.17, 15) is 8.78 Å². The number of halogens is 3. The fourth-order valence-electron chi connectivity index (χ4n) is 2.31. The van der Waals surface area contributed by atoms with Crippen LogP contribution in [-0.2, 0) is 13.0 Å². The van der Waals surface area contributed by atoms with Gasteiger partial charge in [0.25, 0.3) is 0 Å². The Hall–Kier alpha value is -1.50. The van der Waals surface area contributed by atoms with Crippen LogP contribution in [0, 0.1) is 11.6 Å². The number of aryl methyl sites for hydroxylation is 1. The molecule has 0 radical (unpaired) electrons. The maximum absolute atomic E-state index is 13.3. The topological polar surface area (TPSA) is 55.9 Å². The maximum Gasteiger partial charge on any atom is 0.126 e. The fourth-order valence-corrected chi connectivity index (χ4v) is 2.58. The van der Waals surface area contributed by atoms with E-state index in [1.807, 2.05) is 6.92 Å². The molecule has 1 aromatic heterocycles. The predicted molar refractivity (Wildman–Crippen MR) is 77.7 cm³/mol. The van der Waals surface area contributed by atoms with E-state index in [-0.39, 0.29) is 6.04 Å². The summed E-state index contributed by atoms with van der Waals surface area (Å²) in [4.78, 5) is 0. The first-order valence-corrected chi connectivity index (χ1v) is 7.05. The second-order valence-electron chi connectivity index (χ2n) is 4.80. The van der Waals surface area contributed by atoms with Crippen LogP contribution < -0.4 is 11.3 Å². The molecule has 0 spiro atoms. The Kier molecular flexibility index (Phi) is 5.27. The molecule has 1 aromatic carbocycles. The number of rotatable bonds is 6. The molecule has 0 aliphatic carbocycles. The van der Waals surface area contributed by atoms with Crippen LogP contribution in [0.25, 0.3) is 0 Å². The summed E-state index contributed by atoms with van der Waals surface area (Å²) in [5.74, 6) is 4.35. The van der Waals surface area contributed by atoms with Crippen molar-refractivity contribution >= 4 is 11.6 Å². The molecule has 21 heavy (non-hydrogen) atoms. The number of nitrogens with two attached hydrogens (primary N) is 1. The van der Waals surface area contributed by atoms with Crippen molar-refractivity contribution in [2.24, 2.45) is 5.84 Å². The van der Waals surface area contributed by atoms with Crippen molar-refractivity contribution in [3.05, 3.63) is 52.3 Å². The van der Waals surface area contributed by atoms with E-state index in [1.165, 1.54) is 12.1 Å². The summed E-state index contributed by atoms with van der Waals surface area (Å²) >= 11 is 6.16. The predicted octanol–water partition coefficient (Wildman–Crippen LogP) is 2.97. The van der Waals surface area contributed by atoms with Gasteiger partial charge in [0.1, 0.15) is 11.6 Å². The summed E-state index contributed by atoms with van der Waals surface area (Å²) in [6.45, 7) is 2.71. The van der Waals surface area contributed by atoms with Gasteiger partial charge in [-0.3, -0.25) is 16.0 Å². The first-order chi connectivity index (χ1) is 10.0. The number of hydrogen-bond donors (Lipinski definition) is 2. The van der Waals surface area contributed by atoms with E-state index in [2.05, 4.69) is 10.5 Å². The van der Waals surface area contributed by atoms with Crippen LogP contribution >= 0.6 is 11.6 Å². The fraction of sp³-hybridized carbons (Fsp3) is 0.357. The first kappa shape index (κ1) is 15.9. The summed E-state index contributed by atoms with van der Waals surface area (Å²) in [6.07, 6.45) is 2.74. The lowest BCUT2D eigenvalue weighted by molar-refractivity contribution is 0.476. The molecule has 0 saturated carbocycles. The van der Waals surface area contributed by atoms with Crippen molar-refractivity contribution in [1.29, 1.82) is 0 Å². The molecule has 1 unspecified atom stereocenters. The summed E-state index contributed by atoms with van der Waals surface area (Å²) in [5.41, 5.74) is 3.85. The Morgan fingerprint density at radius 1 is 1.33 bits per heavy atom. The Morgan fingerprint density at radius 3 is 2.57 bits per heavy atom. The van der Waals surface area contributed by atoms with Gasteiger partial charge in [-0.15, -0.1) is 0 Å². The molecule has 2 aromatic rings. The number of hydrogen-bond acceptors (Lipinski definition) is 3. The van der Waals surface area contributed by atoms with Crippen molar-refractivity contribution in [2.45, 2.75) is 32.4 Å². The molecule has 0 aliphatic rings. The highest BCUT2D eigenvalue weighted by Gasteiger charge is 2.20. The number of nitrogens with one attached hydrogen (secondary N) is 1. The van der Waals surface area contributed by atoms with Crippen LogP contribution in [0.2, 0.25) is 5.02 Å². The average molecular weight is 315 g/mol. The van der Waals surface area contributed by atoms with Gasteiger partial charge >= 0.3 is 0 Å². The zero-order valence-corrected chi connectivity index (χ0v) is 12.4. The van der Waals surface area contributed by atoms with E-state index >= 15 is 0 Å². The molecule has 1 atom stereocenters. The van der Waals surface area contributed by atoms with Crippen molar-refractivity contribution in [1.82, 2.24) is 15.2 Å². The molecule has 0 amide bonds. The molecular weight excluding hydrogens is 298 g/mol. The van der Waals surface area contributed by atoms with E-state index in [4.69, 9.17) is 17.4 Å². The van der Waals surface area contributed by atoms with Crippen LogP contribution in [0.5, 0.6) is 0 Å². The molecule has 2 rings (SSSR count). The lowest BCUT2D eigenvalue weighted by Crippen LogP contribution is -2.31. The first-order valence-electron chi connectivity index (χ1n) is 6.67. The quantitative estimate of drug-likeness (QED) is 0.636. The minimum atomic E-state index is -0.617. The third-order valence-corrected chi connectivity index (χ3v) is 3.45. The maximum atomic E-state index is 13.3. The lowest BCUT2D eigenvalue weighted by Gasteiger charge is -2.18. The normalized spacial score (nSPS) is 12.6. The van der Waals surface area contributed by atoms with E-state index < -0.39 is 11.6 Å². The van der Waals surface area contributed by atoms with E-state index in [0.29, 0.717) is 29.2 Å². The van der Waals surface area contributed by atoms with Crippen molar-refractivity contribution < 1.29 is 8.78 Å². The van der Waals surface area contributed by atoms with Gasteiger partial charge in [0.15, 0.2) is 0 Å². The molecule has 4 nitrogen and oxygen atoms in total. The van der Waals surface area contributed by atoms with Gasteiger partial charge < -0.3 is 0 Å². The number of nitrogens with zero attached hydrogens (tertiary/aromatic N) is 2. The van der Waals surface area contributed by atoms with Crippen molar-refractivity contribution in [3.8, 4) is 0 Å². The number of hydrazine groups is 1. The van der Waals surface area contributed by atoms with Gasteiger partial charge in [-0.25, -0.2) is 8.78 Å². The summed E-state index contributed by atoms with van der Waals surface area (Å²) in [6, 6.07) is 3.01. The van der Waals surface area contributed by atoms with Gasteiger partial charge in [0, 0.05) is 12.6 Å². The molecule has 3 N–H and O–H groups in total. The number of benzene rings is 1. The van der Waals surface area contributed by atoms with Crippen molar-refractivity contribution in [3.63, 3.8) is 0 Å². The zero-order valence-electron chi connectivity index (χ0n) is 11.6. The molecule has 1 heterocycles. The third kappa shape index (κ3) is 3.78. The highest BCUT2D eigenvalue weighted by Crippen LogP contribution is 2.26. The van der Waals surface area contributed by atoms with Gasteiger partial charge in [-0.05, 0) is 30.5 Å². The molecular formula is C14H17ClF2N4. The zero-order chi connectivity index (χ0) is 15.4. The molecule has 0 aliphatic heterocycles. The Bertz CT molecular complexity index is 595. The number of aromatic nitrogens is 2. The highest BCUT2D eigenvalue weighted by atomic mass is 35.5. The summed E-state index contributed by atoms with van der Waals surface area (Å²) in [5, 5.41) is 4.67. The van der Waals surface area contributed by atoms with Crippen molar-refractivity contribution in [2.75, 3.05) is 0 Å². The van der Waals surface area contributed by atoms with Crippen LogP contribution in [0.1, 0.15) is 30.6 Å². The molecule has 7 heteroatoms. The molecule has 0 saturated heterocycles. The monoisotopic (exact) mass is 314 g/mol. The lowest BCUT2D eigenvalue weighted by atomic mass is 10.0. The summed E-state index contributed by atoms with van der Waals surface area (Å²) in [7, 11) is 0. The van der Waals surface area contributed by atoms with Crippen LogP contribution in [0.3, 0.4) is 0 Å². The Balaban J connectivity index is 2.29. The minimum Gasteiger partial charge on any atom is -0.271 e. The standard InChI is InChI=1S/C14H17ClF2N4/c1-2-3-21-14(12(15)8-19-21)13(20-18)6-9-4-10(16)7-11(17)5-9/h4-5,7-8,13,20H,2-3,6,18H2,1H3. The summed E-state index contributed by atoms with van der Waals surface area (Å²) < 4.78 is 28.3. The molecule has 114 valence electrons. The van der Waals surface area contributed by atoms with Gasteiger partial charge in [0.2, 0.25) is 0 Å². The Labute approximate surface area is 126 Å². The third-order valence-electron chi connectivity index (χ3n) is 3.16. The smallest absolute Gasteiger partial charge is 0.126 e. The second-order valence-corrected chi connectivity index (χ2v) is 5.21. The molecule has 0 bridgehead atoms. The van der Waals surface area contributed by atoms with Crippen LogP contribution in [0.15, 0.2) is 24.4 Å². The van der Waals surface area contributed by atoms with Gasteiger partial charge in [0.05, 0.1) is 23.0 Å².